The van der Waals surface area contributed by atoms with Crippen LogP contribution in [0.5, 0.6) is 0 Å². The molecule has 0 radical (unpaired) electrons. The van der Waals surface area contributed by atoms with Crippen LogP contribution in [0.2, 0.25) is 0 Å². The van der Waals surface area contributed by atoms with Gasteiger partial charge in [-0.3, -0.25) is 4.79 Å². The zero-order chi connectivity index (χ0) is 12.3. The minimum atomic E-state index is 0.451. The molecule has 1 aliphatic heterocycles. The molecule has 0 N–H and O–H groups in total. The normalized spacial score (nSPS) is 27.1. The molecule has 2 nitrogen and oxygen atoms in total. The highest BCUT2D eigenvalue weighted by Crippen LogP contribution is 2.14. The molecular formula is C15H28O2. The number of hydrogen-bond donors (Lipinski definition) is 0. The summed E-state index contributed by atoms with van der Waals surface area (Å²) in [5.41, 5.74) is 0. The van der Waals surface area contributed by atoms with E-state index >= 15 is 0 Å². The number of rotatable bonds is 0. The molecule has 1 saturated heterocycles. The van der Waals surface area contributed by atoms with Crippen LogP contribution in [0.4, 0.5) is 0 Å². The monoisotopic (exact) mass is 240 g/mol. The highest BCUT2D eigenvalue weighted by molar-refractivity contribution is 5.78. The van der Waals surface area contributed by atoms with Gasteiger partial charge in [-0.05, 0) is 25.2 Å². The van der Waals surface area contributed by atoms with Gasteiger partial charge in [0.2, 0.25) is 0 Å². The molecular weight excluding hydrogens is 212 g/mol. The fourth-order valence-electron chi connectivity index (χ4n) is 2.39. The lowest BCUT2D eigenvalue weighted by Gasteiger charge is -2.10. The van der Waals surface area contributed by atoms with Crippen molar-refractivity contribution in [2.45, 2.75) is 71.1 Å². The third-order valence-corrected chi connectivity index (χ3v) is 3.58. The fraction of sp³-hybridized carbons (Fsp3) is 0.933. The van der Waals surface area contributed by atoms with Gasteiger partial charge in [0, 0.05) is 26.1 Å². The molecule has 0 aromatic heterocycles. The Morgan fingerprint density at radius 3 is 2.35 bits per heavy atom. The molecule has 0 spiro atoms. The summed E-state index contributed by atoms with van der Waals surface area (Å²) in [6.07, 6.45) is 11.4. The van der Waals surface area contributed by atoms with Crippen molar-refractivity contribution in [1.29, 1.82) is 0 Å². The van der Waals surface area contributed by atoms with Gasteiger partial charge in [-0.1, -0.05) is 39.0 Å². The number of carbonyl (C=O) groups excluding carboxylic acids is 1. The minimum Gasteiger partial charge on any atom is -0.381 e. The smallest absolute Gasteiger partial charge is 0.133 e. The number of hydrogen-bond acceptors (Lipinski definition) is 2. The highest BCUT2D eigenvalue weighted by Gasteiger charge is 2.09. The molecule has 100 valence electrons. The van der Waals surface area contributed by atoms with Crippen LogP contribution in [0, 0.1) is 5.92 Å². The molecule has 2 heteroatoms. The third kappa shape index (κ3) is 8.37. The highest BCUT2D eigenvalue weighted by atomic mass is 16.5. The predicted octanol–water partition coefficient (Wildman–Crippen LogP) is 4.12. The van der Waals surface area contributed by atoms with Gasteiger partial charge in [0.15, 0.2) is 0 Å². The molecule has 1 rings (SSSR count). The summed E-state index contributed by atoms with van der Waals surface area (Å²) >= 11 is 0. The van der Waals surface area contributed by atoms with Crippen LogP contribution < -0.4 is 0 Å². The Morgan fingerprint density at radius 2 is 1.59 bits per heavy atom. The predicted molar refractivity (Wildman–Crippen MR) is 71.2 cm³/mol. The standard InChI is InChI=1S/C15H28O2/c1-14-10-12-17-11-8-6-4-2-3-5-7-9-15(16)13-14/h14H,2-13H2,1H3. The molecule has 1 fully saturated rings. The quantitative estimate of drug-likeness (QED) is 0.636. The molecule has 1 atom stereocenters. The summed E-state index contributed by atoms with van der Waals surface area (Å²) in [5, 5.41) is 0. The summed E-state index contributed by atoms with van der Waals surface area (Å²) in [4.78, 5) is 11.7. The lowest BCUT2D eigenvalue weighted by atomic mass is 9.98. The van der Waals surface area contributed by atoms with E-state index < -0.39 is 0 Å². The molecule has 17 heavy (non-hydrogen) atoms. The maximum Gasteiger partial charge on any atom is 0.133 e. The third-order valence-electron chi connectivity index (χ3n) is 3.58. The van der Waals surface area contributed by atoms with Gasteiger partial charge in [-0.25, -0.2) is 0 Å². The van der Waals surface area contributed by atoms with Crippen LogP contribution in [-0.4, -0.2) is 19.0 Å². The molecule has 0 bridgehead atoms. The molecule has 0 aromatic carbocycles. The maximum atomic E-state index is 11.7. The zero-order valence-electron chi connectivity index (χ0n) is 11.4. The number of ketones is 1. The zero-order valence-corrected chi connectivity index (χ0v) is 11.4. The first kappa shape index (κ1) is 14.7. The van der Waals surface area contributed by atoms with Crippen LogP contribution in [0.25, 0.3) is 0 Å². The topological polar surface area (TPSA) is 26.3 Å². The second-order valence-electron chi connectivity index (χ2n) is 5.47. The van der Waals surface area contributed by atoms with E-state index in [4.69, 9.17) is 4.74 Å². The van der Waals surface area contributed by atoms with E-state index in [1.165, 1.54) is 38.5 Å². The summed E-state index contributed by atoms with van der Waals surface area (Å²) < 4.78 is 5.60. The molecule has 0 aliphatic carbocycles. The molecule has 0 saturated carbocycles. The van der Waals surface area contributed by atoms with Crippen molar-refractivity contribution in [1.82, 2.24) is 0 Å². The second-order valence-corrected chi connectivity index (χ2v) is 5.47. The van der Waals surface area contributed by atoms with Gasteiger partial charge in [0.05, 0.1) is 0 Å². The first-order valence-electron chi connectivity index (χ1n) is 7.38. The van der Waals surface area contributed by atoms with Gasteiger partial charge in [-0.15, -0.1) is 0 Å². The number of ether oxygens (including phenoxy) is 1. The van der Waals surface area contributed by atoms with Gasteiger partial charge in [-0.2, -0.15) is 0 Å². The Balaban J connectivity index is 2.23. The Kier molecular flexibility index (Phi) is 8.33. The average molecular weight is 240 g/mol. The van der Waals surface area contributed by atoms with Crippen molar-refractivity contribution in [3.8, 4) is 0 Å². The second kappa shape index (κ2) is 9.64. The van der Waals surface area contributed by atoms with Crippen LogP contribution in [0.3, 0.4) is 0 Å². The van der Waals surface area contributed by atoms with E-state index in [0.717, 1.165) is 38.9 Å². The van der Waals surface area contributed by atoms with Crippen LogP contribution in [0.1, 0.15) is 71.1 Å². The SMILES string of the molecule is CC1CCOCCCCCCCCCC(=O)C1. The lowest BCUT2D eigenvalue weighted by Crippen LogP contribution is -2.08. The van der Waals surface area contributed by atoms with E-state index in [1.54, 1.807) is 0 Å². The van der Waals surface area contributed by atoms with Gasteiger partial charge in [0.25, 0.3) is 0 Å². The number of Topliss-reactive ketones (excluding diaryl/α,β-unsaturated/α-hetero) is 1. The van der Waals surface area contributed by atoms with Crippen molar-refractivity contribution in [2.75, 3.05) is 13.2 Å². The Morgan fingerprint density at radius 1 is 0.941 bits per heavy atom. The first-order chi connectivity index (χ1) is 8.29. The van der Waals surface area contributed by atoms with Gasteiger partial charge >= 0.3 is 0 Å². The lowest BCUT2D eigenvalue weighted by molar-refractivity contribution is -0.120. The van der Waals surface area contributed by atoms with Crippen molar-refractivity contribution >= 4 is 5.78 Å². The van der Waals surface area contributed by atoms with E-state index in [9.17, 15) is 4.79 Å². The molecule has 1 aliphatic rings. The molecule has 0 aromatic rings. The van der Waals surface area contributed by atoms with E-state index in [2.05, 4.69) is 6.92 Å². The fourth-order valence-corrected chi connectivity index (χ4v) is 2.39. The summed E-state index contributed by atoms with van der Waals surface area (Å²) in [5.74, 6) is 0.944. The summed E-state index contributed by atoms with van der Waals surface area (Å²) in [7, 11) is 0. The van der Waals surface area contributed by atoms with E-state index in [-0.39, 0.29) is 0 Å². The first-order valence-corrected chi connectivity index (χ1v) is 7.38. The molecule has 0 amide bonds. The maximum absolute atomic E-state index is 11.7. The van der Waals surface area contributed by atoms with Gasteiger partial charge in [0.1, 0.15) is 5.78 Å². The van der Waals surface area contributed by atoms with E-state index in [1.807, 2.05) is 0 Å². The molecule has 1 unspecified atom stereocenters. The van der Waals surface area contributed by atoms with Crippen LogP contribution in [-0.2, 0) is 9.53 Å². The van der Waals surface area contributed by atoms with Crippen LogP contribution >= 0.6 is 0 Å². The van der Waals surface area contributed by atoms with Crippen molar-refractivity contribution in [3.63, 3.8) is 0 Å². The molecule has 1 heterocycles. The Labute approximate surface area is 106 Å². The number of carbonyl (C=O) groups is 1. The average Bonchev–Trinajstić information content (AvgIpc) is 2.30. The van der Waals surface area contributed by atoms with Crippen molar-refractivity contribution in [3.05, 3.63) is 0 Å². The van der Waals surface area contributed by atoms with Crippen molar-refractivity contribution in [2.24, 2.45) is 5.92 Å². The summed E-state index contributed by atoms with van der Waals surface area (Å²) in [6, 6.07) is 0. The van der Waals surface area contributed by atoms with Crippen LogP contribution in [0.15, 0.2) is 0 Å². The Hall–Kier alpha value is -0.370. The summed E-state index contributed by atoms with van der Waals surface area (Å²) in [6.45, 7) is 3.90. The largest absolute Gasteiger partial charge is 0.381 e. The van der Waals surface area contributed by atoms with E-state index in [0.29, 0.717) is 11.7 Å². The Bertz CT molecular complexity index is 201. The van der Waals surface area contributed by atoms with Crippen molar-refractivity contribution < 1.29 is 9.53 Å². The van der Waals surface area contributed by atoms with Gasteiger partial charge < -0.3 is 4.74 Å². The minimum absolute atomic E-state index is 0.451.